The van der Waals surface area contributed by atoms with Crippen molar-refractivity contribution in [3.63, 3.8) is 0 Å². The first kappa shape index (κ1) is 17.1. The topological polar surface area (TPSA) is 70.0 Å². The molecule has 1 aliphatic rings. The second-order valence-corrected chi connectivity index (χ2v) is 7.04. The minimum atomic E-state index is 0.539. The number of halogens is 1. The molecule has 2 aromatic carbocycles. The third kappa shape index (κ3) is 3.75. The summed E-state index contributed by atoms with van der Waals surface area (Å²) < 4.78 is 0. The molecule has 0 amide bonds. The van der Waals surface area contributed by atoms with E-state index in [1.54, 1.807) is 0 Å². The highest BCUT2D eigenvalue weighted by atomic mass is 35.5. The molecule has 6 heteroatoms. The second kappa shape index (κ2) is 7.50. The summed E-state index contributed by atoms with van der Waals surface area (Å²) in [6.07, 6.45) is 4.10. The van der Waals surface area contributed by atoms with Crippen molar-refractivity contribution in [1.82, 2.24) is 20.4 Å². The molecule has 0 spiro atoms. The molecule has 1 aromatic heterocycles. The molecule has 0 saturated carbocycles. The molecule has 0 unspecified atom stereocenters. The number of fused-ring (bicyclic) bond motifs is 1. The van der Waals surface area contributed by atoms with Gasteiger partial charge in [0.1, 0.15) is 0 Å². The van der Waals surface area contributed by atoms with E-state index in [1.165, 1.54) is 5.56 Å². The van der Waals surface area contributed by atoms with E-state index in [1.807, 2.05) is 18.2 Å². The summed E-state index contributed by atoms with van der Waals surface area (Å²) in [5.74, 6) is 0. The maximum atomic E-state index is 6.07. The van der Waals surface area contributed by atoms with Gasteiger partial charge in [-0.2, -0.15) is 5.10 Å². The van der Waals surface area contributed by atoms with Gasteiger partial charge in [-0.1, -0.05) is 41.9 Å². The van der Waals surface area contributed by atoms with Crippen LogP contribution in [0.2, 0.25) is 5.02 Å². The Morgan fingerprint density at radius 1 is 1.15 bits per heavy atom. The summed E-state index contributed by atoms with van der Waals surface area (Å²) in [5, 5.41) is 12.3. The fourth-order valence-electron chi connectivity index (χ4n) is 3.30. The van der Waals surface area contributed by atoms with Crippen LogP contribution in [0.25, 0.3) is 23.1 Å². The highest BCUT2D eigenvalue weighted by molar-refractivity contribution is 6.33. The number of nitrogens with zero attached hydrogens (tertiary/aromatic N) is 2. The maximum absolute atomic E-state index is 6.07. The average molecular weight is 368 g/mol. The molecule has 0 radical (unpaired) electrons. The van der Waals surface area contributed by atoms with Gasteiger partial charge in [-0.3, -0.25) is 10.00 Å². The molecule has 1 saturated heterocycles. The van der Waals surface area contributed by atoms with Crippen LogP contribution in [0.15, 0.2) is 36.4 Å². The number of hydrogen-bond acceptors (Lipinski definition) is 4. The predicted molar refractivity (Wildman–Crippen MR) is 109 cm³/mol. The Kier molecular flexibility index (Phi) is 4.93. The second-order valence-electron chi connectivity index (χ2n) is 6.63. The van der Waals surface area contributed by atoms with Crippen LogP contribution in [0, 0.1) is 0 Å². The molecule has 4 rings (SSSR count). The van der Waals surface area contributed by atoms with Gasteiger partial charge in [0.25, 0.3) is 0 Å². The molecule has 2 heterocycles. The largest absolute Gasteiger partial charge is 0.398 e. The Morgan fingerprint density at radius 2 is 2.00 bits per heavy atom. The average Bonchev–Trinajstić information content (AvgIpc) is 3.03. The number of rotatable bonds is 4. The molecular formula is C20H22ClN5. The minimum absolute atomic E-state index is 0.539. The van der Waals surface area contributed by atoms with Crippen molar-refractivity contribution in [3.05, 3.63) is 58.2 Å². The Balaban J connectivity index is 1.53. The van der Waals surface area contributed by atoms with Gasteiger partial charge in [0.05, 0.1) is 21.9 Å². The molecule has 1 fully saturated rings. The summed E-state index contributed by atoms with van der Waals surface area (Å²) in [7, 11) is 0. The number of nitrogens with two attached hydrogens (primary N) is 1. The number of aromatic amines is 1. The molecule has 4 N–H and O–H groups in total. The van der Waals surface area contributed by atoms with Gasteiger partial charge in [-0.15, -0.1) is 0 Å². The number of anilines is 1. The summed E-state index contributed by atoms with van der Waals surface area (Å²) in [5.41, 5.74) is 10.7. The Hall–Kier alpha value is -2.34. The molecule has 134 valence electrons. The highest BCUT2D eigenvalue weighted by Gasteiger charge is 2.10. The van der Waals surface area contributed by atoms with Gasteiger partial charge in [0.15, 0.2) is 0 Å². The predicted octanol–water partition coefficient (Wildman–Crippen LogP) is 3.37. The van der Waals surface area contributed by atoms with Crippen molar-refractivity contribution in [2.75, 3.05) is 31.9 Å². The zero-order valence-corrected chi connectivity index (χ0v) is 15.3. The van der Waals surface area contributed by atoms with Gasteiger partial charge >= 0.3 is 0 Å². The molecule has 0 atom stereocenters. The van der Waals surface area contributed by atoms with Crippen molar-refractivity contribution < 1.29 is 0 Å². The number of nitrogens with one attached hydrogen (secondary N) is 2. The molecule has 3 aromatic rings. The lowest BCUT2D eigenvalue weighted by molar-refractivity contribution is 0.233. The Labute approximate surface area is 157 Å². The lowest BCUT2D eigenvalue weighted by Crippen LogP contribution is -2.42. The fraction of sp³-hybridized carbons (Fsp3) is 0.250. The SMILES string of the molecule is Nc1cc2c(/C=C/c3cccc(CN4CCNCC4)c3)n[nH]c2cc1Cl. The van der Waals surface area contributed by atoms with Crippen molar-refractivity contribution in [3.8, 4) is 0 Å². The van der Waals surface area contributed by atoms with E-state index in [0.717, 1.165) is 54.9 Å². The zero-order valence-electron chi connectivity index (χ0n) is 14.5. The maximum Gasteiger partial charge on any atom is 0.0928 e. The summed E-state index contributed by atoms with van der Waals surface area (Å²) >= 11 is 6.07. The van der Waals surface area contributed by atoms with Gasteiger partial charge in [0.2, 0.25) is 0 Å². The van der Waals surface area contributed by atoms with Crippen LogP contribution in [0.1, 0.15) is 16.8 Å². The van der Waals surface area contributed by atoms with E-state index in [-0.39, 0.29) is 0 Å². The Bertz CT molecular complexity index is 941. The molecule has 0 bridgehead atoms. The van der Waals surface area contributed by atoms with E-state index >= 15 is 0 Å². The number of nitrogen functional groups attached to an aromatic ring is 1. The third-order valence-corrected chi connectivity index (χ3v) is 5.04. The summed E-state index contributed by atoms with van der Waals surface area (Å²) in [6, 6.07) is 12.3. The fourth-order valence-corrected chi connectivity index (χ4v) is 3.46. The lowest BCUT2D eigenvalue weighted by atomic mass is 10.1. The standard InChI is InChI=1S/C20H22ClN5/c21-17-12-20-16(11-18(17)22)19(24-25-20)5-4-14-2-1-3-15(10-14)13-26-8-6-23-7-9-26/h1-5,10-12,23H,6-9,13,22H2,(H,24,25)/b5-4+. The first-order valence-electron chi connectivity index (χ1n) is 8.82. The number of hydrogen-bond donors (Lipinski definition) is 3. The van der Waals surface area contributed by atoms with Crippen LogP contribution >= 0.6 is 11.6 Å². The van der Waals surface area contributed by atoms with Gasteiger partial charge in [0, 0.05) is 38.1 Å². The van der Waals surface area contributed by atoms with E-state index < -0.39 is 0 Å². The van der Waals surface area contributed by atoms with Gasteiger partial charge < -0.3 is 11.1 Å². The monoisotopic (exact) mass is 367 g/mol. The van der Waals surface area contributed by atoms with Crippen LogP contribution in [0.5, 0.6) is 0 Å². The first-order chi connectivity index (χ1) is 12.7. The quantitative estimate of drug-likeness (QED) is 0.618. The van der Waals surface area contributed by atoms with Crippen molar-refractivity contribution in [2.45, 2.75) is 6.54 Å². The smallest absolute Gasteiger partial charge is 0.0928 e. The summed E-state index contributed by atoms with van der Waals surface area (Å²) in [4.78, 5) is 2.48. The van der Waals surface area contributed by atoms with E-state index in [0.29, 0.717) is 10.7 Å². The van der Waals surface area contributed by atoms with Crippen molar-refractivity contribution in [2.24, 2.45) is 0 Å². The highest BCUT2D eigenvalue weighted by Crippen LogP contribution is 2.27. The summed E-state index contributed by atoms with van der Waals surface area (Å²) in [6.45, 7) is 5.33. The van der Waals surface area contributed by atoms with Crippen LogP contribution in [0.3, 0.4) is 0 Å². The van der Waals surface area contributed by atoms with Crippen LogP contribution in [0.4, 0.5) is 5.69 Å². The zero-order chi connectivity index (χ0) is 17.9. The molecular weight excluding hydrogens is 346 g/mol. The first-order valence-corrected chi connectivity index (χ1v) is 9.20. The number of aromatic nitrogens is 2. The van der Waals surface area contributed by atoms with E-state index in [2.05, 4.69) is 50.8 Å². The molecule has 0 aliphatic carbocycles. The third-order valence-electron chi connectivity index (χ3n) is 4.71. The van der Waals surface area contributed by atoms with Crippen molar-refractivity contribution in [1.29, 1.82) is 0 Å². The lowest BCUT2D eigenvalue weighted by Gasteiger charge is -2.27. The molecule has 26 heavy (non-hydrogen) atoms. The normalized spacial score (nSPS) is 15.9. The van der Waals surface area contributed by atoms with E-state index in [4.69, 9.17) is 17.3 Å². The molecule has 5 nitrogen and oxygen atoms in total. The van der Waals surface area contributed by atoms with Crippen LogP contribution < -0.4 is 11.1 Å². The van der Waals surface area contributed by atoms with Crippen molar-refractivity contribution >= 4 is 40.3 Å². The number of H-pyrrole nitrogens is 1. The number of benzene rings is 2. The number of piperazine rings is 1. The minimum Gasteiger partial charge on any atom is -0.398 e. The molecule has 1 aliphatic heterocycles. The van der Waals surface area contributed by atoms with E-state index in [9.17, 15) is 0 Å². The van der Waals surface area contributed by atoms with Crippen LogP contribution in [-0.2, 0) is 6.54 Å². The van der Waals surface area contributed by atoms with Crippen LogP contribution in [-0.4, -0.2) is 41.3 Å². The van der Waals surface area contributed by atoms with Gasteiger partial charge in [-0.05, 0) is 29.3 Å². The van der Waals surface area contributed by atoms with Gasteiger partial charge in [-0.25, -0.2) is 0 Å². The Morgan fingerprint density at radius 3 is 2.85 bits per heavy atom.